The van der Waals surface area contributed by atoms with Crippen molar-refractivity contribution in [2.24, 2.45) is 0 Å². The van der Waals surface area contributed by atoms with E-state index in [-0.39, 0.29) is 17.3 Å². The second-order valence-electron chi connectivity index (χ2n) is 4.50. The molecule has 0 saturated carbocycles. The topological polar surface area (TPSA) is 88.5 Å². The van der Waals surface area contributed by atoms with Gasteiger partial charge in [0.15, 0.2) is 0 Å². The quantitative estimate of drug-likeness (QED) is 0.877. The van der Waals surface area contributed by atoms with Crippen molar-refractivity contribution in [2.75, 3.05) is 11.8 Å². The van der Waals surface area contributed by atoms with Gasteiger partial charge in [0, 0.05) is 6.20 Å². The smallest absolute Gasteiger partial charge is 0.265 e. The molecule has 6 nitrogen and oxygen atoms in total. The number of aliphatic hydroxyl groups excluding tert-OH is 1. The van der Waals surface area contributed by atoms with Gasteiger partial charge in [-0.2, -0.15) is 0 Å². The summed E-state index contributed by atoms with van der Waals surface area (Å²) in [5.74, 6) is 0.176. The molecule has 0 aliphatic heterocycles. The molecule has 0 radical (unpaired) electrons. The molecule has 2 rings (SSSR count). The normalized spacial score (nSPS) is 11.2. The lowest BCUT2D eigenvalue weighted by molar-refractivity contribution is 0.280. The number of benzene rings is 1. The lowest BCUT2D eigenvalue weighted by atomic mass is 10.2. The van der Waals surface area contributed by atoms with Crippen LogP contribution in [0, 0.1) is 6.92 Å². The summed E-state index contributed by atoms with van der Waals surface area (Å²) in [5, 5.41) is 9.09. The maximum atomic E-state index is 12.4. The van der Waals surface area contributed by atoms with Gasteiger partial charge in [-0.3, -0.25) is 9.71 Å². The molecule has 1 aromatic carbocycles. The second-order valence-corrected chi connectivity index (χ2v) is 6.15. The Labute approximate surface area is 123 Å². The summed E-state index contributed by atoms with van der Waals surface area (Å²) < 4.78 is 32.4. The van der Waals surface area contributed by atoms with Crippen LogP contribution in [0.4, 0.5) is 5.69 Å². The largest absolute Gasteiger partial charge is 0.495 e. The molecule has 1 aromatic heterocycles. The Balaban J connectivity index is 2.40. The number of aliphatic hydroxyl groups is 1. The third-order valence-electron chi connectivity index (χ3n) is 2.83. The average Bonchev–Trinajstić information content (AvgIpc) is 2.46. The van der Waals surface area contributed by atoms with E-state index in [0.29, 0.717) is 11.3 Å². The molecule has 2 aromatic rings. The third-order valence-corrected chi connectivity index (χ3v) is 4.25. The van der Waals surface area contributed by atoms with Gasteiger partial charge in [0.1, 0.15) is 10.6 Å². The molecular weight excluding hydrogens is 292 g/mol. The first-order chi connectivity index (χ1) is 9.96. The molecule has 0 amide bonds. The Morgan fingerprint density at radius 1 is 1.29 bits per heavy atom. The number of methoxy groups -OCH3 is 1. The number of hydrogen-bond acceptors (Lipinski definition) is 5. The first-order valence-corrected chi connectivity index (χ1v) is 7.67. The standard InChI is InChI=1S/C14H16N2O4S/c1-10-5-12(8-15-7-10)16-21(18,19)14-4-3-11(9-17)6-13(14)20-2/h3-8,16-17H,9H2,1-2H3. The van der Waals surface area contributed by atoms with Crippen molar-refractivity contribution in [1.29, 1.82) is 0 Å². The summed E-state index contributed by atoms with van der Waals surface area (Å²) in [7, 11) is -2.42. The molecule has 0 saturated heterocycles. The molecule has 0 fully saturated rings. The zero-order valence-corrected chi connectivity index (χ0v) is 12.5. The van der Waals surface area contributed by atoms with Gasteiger partial charge in [0.05, 0.1) is 25.6 Å². The highest BCUT2D eigenvalue weighted by molar-refractivity contribution is 7.92. The molecule has 21 heavy (non-hydrogen) atoms. The van der Waals surface area contributed by atoms with Gasteiger partial charge in [0.25, 0.3) is 10.0 Å². The molecule has 0 spiro atoms. The Bertz CT molecular complexity index is 744. The van der Waals surface area contributed by atoms with Gasteiger partial charge in [0.2, 0.25) is 0 Å². The van der Waals surface area contributed by atoms with Crippen LogP contribution in [0.3, 0.4) is 0 Å². The number of pyridine rings is 1. The lowest BCUT2D eigenvalue weighted by Crippen LogP contribution is -2.14. The Morgan fingerprint density at radius 2 is 2.05 bits per heavy atom. The van der Waals surface area contributed by atoms with Gasteiger partial charge in [-0.25, -0.2) is 8.42 Å². The van der Waals surface area contributed by atoms with Crippen molar-refractivity contribution in [3.05, 3.63) is 47.8 Å². The zero-order valence-electron chi connectivity index (χ0n) is 11.7. The summed E-state index contributed by atoms with van der Waals surface area (Å²) in [6, 6.07) is 6.10. The van der Waals surface area contributed by atoms with Crippen LogP contribution in [-0.4, -0.2) is 25.6 Å². The minimum Gasteiger partial charge on any atom is -0.495 e. The number of aromatic nitrogens is 1. The Morgan fingerprint density at radius 3 is 2.67 bits per heavy atom. The van der Waals surface area contributed by atoms with Gasteiger partial charge in [-0.15, -0.1) is 0 Å². The van der Waals surface area contributed by atoms with Crippen LogP contribution in [-0.2, 0) is 16.6 Å². The maximum Gasteiger partial charge on any atom is 0.265 e. The number of aryl methyl sites for hydroxylation is 1. The fraction of sp³-hybridized carbons (Fsp3) is 0.214. The number of anilines is 1. The highest BCUT2D eigenvalue weighted by Crippen LogP contribution is 2.27. The van der Waals surface area contributed by atoms with Crippen LogP contribution >= 0.6 is 0 Å². The van der Waals surface area contributed by atoms with Crippen LogP contribution in [0.15, 0.2) is 41.6 Å². The van der Waals surface area contributed by atoms with Crippen LogP contribution in [0.2, 0.25) is 0 Å². The highest BCUT2D eigenvalue weighted by atomic mass is 32.2. The van der Waals surface area contributed by atoms with Gasteiger partial charge in [-0.1, -0.05) is 6.07 Å². The fourth-order valence-corrected chi connectivity index (χ4v) is 3.04. The van der Waals surface area contributed by atoms with E-state index in [4.69, 9.17) is 9.84 Å². The van der Waals surface area contributed by atoms with Crippen LogP contribution in [0.5, 0.6) is 5.75 Å². The molecule has 7 heteroatoms. The predicted molar refractivity (Wildman–Crippen MR) is 78.7 cm³/mol. The van der Waals surface area contributed by atoms with Crippen LogP contribution in [0.1, 0.15) is 11.1 Å². The average molecular weight is 308 g/mol. The molecule has 0 aliphatic carbocycles. The summed E-state index contributed by atoms with van der Waals surface area (Å²) in [5.41, 5.74) is 1.80. The molecule has 112 valence electrons. The summed E-state index contributed by atoms with van der Waals surface area (Å²) in [6.07, 6.45) is 3.06. The summed E-state index contributed by atoms with van der Waals surface area (Å²) in [4.78, 5) is 3.94. The first-order valence-electron chi connectivity index (χ1n) is 6.18. The van der Waals surface area contributed by atoms with E-state index in [1.165, 1.54) is 31.5 Å². The van der Waals surface area contributed by atoms with Gasteiger partial charge < -0.3 is 9.84 Å². The number of ether oxygens (including phenoxy) is 1. The van der Waals surface area contributed by atoms with E-state index < -0.39 is 10.0 Å². The predicted octanol–water partition coefficient (Wildman–Crippen LogP) is 1.69. The van der Waals surface area contributed by atoms with Crippen LogP contribution < -0.4 is 9.46 Å². The van der Waals surface area contributed by atoms with Gasteiger partial charge in [-0.05, 0) is 36.2 Å². The van der Waals surface area contributed by atoms with Crippen molar-refractivity contribution >= 4 is 15.7 Å². The molecule has 2 N–H and O–H groups in total. The Kier molecular flexibility index (Phi) is 4.44. The molecule has 1 heterocycles. The number of nitrogens with one attached hydrogen (secondary N) is 1. The van der Waals surface area contributed by atoms with Crippen molar-refractivity contribution in [3.8, 4) is 5.75 Å². The van der Waals surface area contributed by atoms with E-state index in [1.807, 2.05) is 6.92 Å². The third kappa shape index (κ3) is 3.50. The van der Waals surface area contributed by atoms with Crippen molar-refractivity contribution in [1.82, 2.24) is 4.98 Å². The van der Waals surface area contributed by atoms with Crippen molar-refractivity contribution in [3.63, 3.8) is 0 Å². The van der Waals surface area contributed by atoms with Crippen molar-refractivity contribution < 1.29 is 18.3 Å². The van der Waals surface area contributed by atoms with E-state index in [2.05, 4.69) is 9.71 Å². The van der Waals surface area contributed by atoms with Crippen LogP contribution in [0.25, 0.3) is 0 Å². The monoisotopic (exact) mass is 308 g/mol. The van der Waals surface area contributed by atoms with E-state index >= 15 is 0 Å². The summed E-state index contributed by atoms with van der Waals surface area (Å²) in [6.45, 7) is 1.63. The Hall–Kier alpha value is -2.12. The number of hydrogen-bond donors (Lipinski definition) is 2. The lowest BCUT2D eigenvalue weighted by Gasteiger charge is -2.12. The molecule has 0 aliphatic rings. The number of nitrogens with zero attached hydrogens (tertiary/aromatic N) is 1. The SMILES string of the molecule is COc1cc(CO)ccc1S(=O)(=O)Nc1cncc(C)c1. The molecular formula is C14H16N2O4S. The molecule has 0 atom stereocenters. The highest BCUT2D eigenvalue weighted by Gasteiger charge is 2.20. The summed E-state index contributed by atoms with van der Waals surface area (Å²) >= 11 is 0. The minimum absolute atomic E-state index is 0.00343. The minimum atomic E-state index is -3.79. The molecule has 0 bridgehead atoms. The van der Waals surface area contributed by atoms with E-state index in [1.54, 1.807) is 12.3 Å². The van der Waals surface area contributed by atoms with Crippen molar-refractivity contribution in [2.45, 2.75) is 18.4 Å². The maximum absolute atomic E-state index is 12.4. The number of sulfonamides is 1. The zero-order chi connectivity index (χ0) is 15.5. The molecule has 0 unspecified atom stereocenters. The van der Waals surface area contributed by atoms with Gasteiger partial charge >= 0.3 is 0 Å². The van der Waals surface area contributed by atoms with E-state index in [0.717, 1.165) is 5.56 Å². The fourth-order valence-electron chi connectivity index (χ4n) is 1.85. The number of rotatable bonds is 5. The van der Waals surface area contributed by atoms with E-state index in [9.17, 15) is 8.42 Å². The second kappa shape index (κ2) is 6.11. The first kappa shape index (κ1) is 15.3.